The summed E-state index contributed by atoms with van der Waals surface area (Å²) in [5.41, 5.74) is 4.46. The molecule has 140 valence electrons. The second-order valence-corrected chi connectivity index (χ2v) is 6.97. The third kappa shape index (κ3) is 4.02. The van der Waals surface area contributed by atoms with Crippen molar-refractivity contribution < 1.29 is 4.79 Å². The number of carbonyl (C=O) groups is 1. The Morgan fingerprint density at radius 1 is 1.14 bits per heavy atom. The number of aromatic nitrogens is 4. The molecule has 0 saturated heterocycles. The molecule has 1 aromatic carbocycles. The molecule has 4 rings (SSSR count). The fourth-order valence-electron chi connectivity index (χ4n) is 3.10. The lowest BCUT2D eigenvalue weighted by molar-refractivity contribution is -0.119. The minimum absolute atomic E-state index is 0.121. The van der Waals surface area contributed by atoms with Crippen molar-refractivity contribution in [3.63, 3.8) is 0 Å². The molecule has 0 radical (unpaired) electrons. The first-order valence-corrected chi connectivity index (χ1v) is 9.24. The highest BCUT2D eigenvalue weighted by molar-refractivity contribution is 6.30. The van der Waals surface area contributed by atoms with E-state index in [4.69, 9.17) is 16.6 Å². The lowest BCUT2D eigenvalue weighted by Crippen LogP contribution is -2.28. The zero-order valence-corrected chi connectivity index (χ0v) is 15.9. The van der Waals surface area contributed by atoms with Gasteiger partial charge in [-0.1, -0.05) is 23.7 Å². The van der Waals surface area contributed by atoms with Gasteiger partial charge in [0.25, 0.3) is 0 Å². The van der Waals surface area contributed by atoms with E-state index < -0.39 is 0 Å². The SMILES string of the molecule is CC(=O)N[C@H](Cc1ccc(Cl)cc1)c1nc2cc(-c3ccncc3)cnc2[nH]1. The summed E-state index contributed by atoms with van der Waals surface area (Å²) in [6.45, 7) is 1.50. The number of nitrogens with zero attached hydrogens (tertiary/aromatic N) is 3. The van der Waals surface area contributed by atoms with Crippen LogP contribution >= 0.6 is 11.6 Å². The first-order chi connectivity index (χ1) is 13.6. The summed E-state index contributed by atoms with van der Waals surface area (Å²) in [4.78, 5) is 28.2. The van der Waals surface area contributed by atoms with Crippen molar-refractivity contribution in [1.29, 1.82) is 0 Å². The molecular formula is C21H18ClN5O. The fourth-order valence-corrected chi connectivity index (χ4v) is 3.22. The van der Waals surface area contributed by atoms with Crippen LogP contribution in [-0.2, 0) is 11.2 Å². The molecule has 28 heavy (non-hydrogen) atoms. The molecular weight excluding hydrogens is 374 g/mol. The van der Waals surface area contributed by atoms with E-state index in [0.717, 1.165) is 22.2 Å². The van der Waals surface area contributed by atoms with Crippen molar-refractivity contribution in [2.45, 2.75) is 19.4 Å². The van der Waals surface area contributed by atoms with E-state index in [9.17, 15) is 4.79 Å². The lowest BCUT2D eigenvalue weighted by atomic mass is 10.1. The summed E-state index contributed by atoms with van der Waals surface area (Å²) >= 11 is 5.97. The van der Waals surface area contributed by atoms with Crippen molar-refractivity contribution in [1.82, 2.24) is 25.3 Å². The molecule has 3 heterocycles. The molecule has 2 N–H and O–H groups in total. The second kappa shape index (κ2) is 7.78. The van der Waals surface area contributed by atoms with Crippen molar-refractivity contribution >= 4 is 28.7 Å². The molecule has 3 aromatic heterocycles. The molecule has 0 fully saturated rings. The maximum absolute atomic E-state index is 11.7. The molecule has 4 aromatic rings. The molecule has 0 saturated carbocycles. The number of nitrogens with one attached hydrogen (secondary N) is 2. The largest absolute Gasteiger partial charge is 0.346 e. The van der Waals surface area contributed by atoms with Crippen LogP contribution in [-0.4, -0.2) is 25.8 Å². The average molecular weight is 392 g/mol. The van der Waals surface area contributed by atoms with Gasteiger partial charge in [-0.15, -0.1) is 0 Å². The number of amides is 1. The number of hydrogen-bond donors (Lipinski definition) is 2. The van der Waals surface area contributed by atoms with Crippen LogP contribution < -0.4 is 5.32 Å². The first kappa shape index (κ1) is 18.1. The second-order valence-electron chi connectivity index (χ2n) is 6.53. The average Bonchev–Trinajstić information content (AvgIpc) is 3.13. The Morgan fingerprint density at radius 3 is 2.61 bits per heavy atom. The van der Waals surface area contributed by atoms with Crippen LogP contribution in [0.4, 0.5) is 0 Å². The Hall–Kier alpha value is -3.25. The smallest absolute Gasteiger partial charge is 0.217 e. The molecule has 6 nitrogen and oxygen atoms in total. The highest BCUT2D eigenvalue weighted by Crippen LogP contribution is 2.24. The zero-order chi connectivity index (χ0) is 19.5. The van der Waals surface area contributed by atoms with Gasteiger partial charge in [0.1, 0.15) is 11.3 Å². The van der Waals surface area contributed by atoms with E-state index in [0.29, 0.717) is 22.9 Å². The molecule has 0 bridgehead atoms. The van der Waals surface area contributed by atoms with Gasteiger partial charge >= 0.3 is 0 Å². The predicted octanol–water partition coefficient (Wildman–Crippen LogP) is 4.09. The Bertz CT molecular complexity index is 1110. The maximum atomic E-state index is 11.7. The number of H-pyrrole nitrogens is 1. The van der Waals surface area contributed by atoms with Gasteiger partial charge in [0.2, 0.25) is 5.91 Å². The Labute approximate surface area is 167 Å². The number of hydrogen-bond acceptors (Lipinski definition) is 4. The molecule has 0 aliphatic heterocycles. The quantitative estimate of drug-likeness (QED) is 0.536. The molecule has 0 spiro atoms. The van der Waals surface area contributed by atoms with E-state index in [2.05, 4.69) is 20.3 Å². The Balaban J connectivity index is 1.67. The minimum atomic E-state index is -0.294. The molecule has 0 aliphatic rings. The van der Waals surface area contributed by atoms with Crippen molar-refractivity contribution in [3.05, 3.63) is 77.5 Å². The summed E-state index contributed by atoms with van der Waals surface area (Å²) in [7, 11) is 0. The molecule has 1 atom stereocenters. The molecule has 1 amide bonds. The van der Waals surface area contributed by atoms with Gasteiger partial charge in [-0.3, -0.25) is 9.78 Å². The minimum Gasteiger partial charge on any atom is -0.346 e. The van der Waals surface area contributed by atoms with Gasteiger partial charge in [-0.05, 0) is 47.9 Å². The molecule has 0 aliphatic carbocycles. The molecule has 0 unspecified atom stereocenters. The van der Waals surface area contributed by atoms with Crippen LogP contribution in [0, 0.1) is 0 Å². The van der Waals surface area contributed by atoms with Crippen molar-refractivity contribution in [2.24, 2.45) is 0 Å². The lowest BCUT2D eigenvalue weighted by Gasteiger charge is -2.15. The summed E-state index contributed by atoms with van der Waals surface area (Å²) in [5.74, 6) is 0.546. The number of imidazole rings is 1. The predicted molar refractivity (Wildman–Crippen MR) is 109 cm³/mol. The normalized spacial score (nSPS) is 12.1. The van der Waals surface area contributed by atoms with Crippen LogP contribution in [0.5, 0.6) is 0 Å². The summed E-state index contributed by atoms with van der Waals surface area (Å²) < 4.78 is 0. The summed E-state index contributed by atoms with van der Waals surface area (Å²) in [6.07, 6.45) is 5.88. The number of pyridine rings is 2. The van der Waals surface area contributed by atoms with E-state index in [1.54, 1.807) is 18.6 Å². The summed E-state index contributed by atoms with van der Waals surface area (Å²) in [6, 6.07) is 13.1. The van der Waals surface area contributed by atoms with Gasteiger partial charge in [0, 0.05) is 36.1 Å². The standard InChI is InChI=1S/C21H18ClN5O/c1-13(28)25-18(10-14-2-4-17(22)5-3-14)21-26-19-11-16(12-24-20(19)27-21)15-6-8-23-9-7-15/h2-9,11-12,18H,10H2,1H3,(H,25,28)(H,24,26,27)/t18-/m1/s1. The number of benzene rings is 1. The van der Waals surface area contributed by atoms with Crippen LogP contribution in [0.15, 0.2) is 61.1 Å². The Kier molecular flexibility index (Phi) is 5.04. The third-order valence-electron chi connectivity index (χ3n) is 4.43. The zero-order valence-electron chi connectivity index (χ0n) is 15.2. The fraction of sp³-hybridized carbons (Fsp3) is 0.143. The van der Waals surface area contributed by atoms with Gasteiger partial charge in [0.05, 0.1) is 6.04 Å². The Morgan fingerprint density at radius 2 is 1.89 bits per heavy atom. The highest BCUT2D eigenvalue weighted by atomic mass is 35.5. The molecule has 7 heteroatoms. The van der Waals surface area contributed by atoms with Crippen LogP contribution in [0.25, 0.3) is 22.3 Å². The maximum Gasteiger partial charge on any atom is 0.217 e. The van der Waals surface area contributed by atoms with Crippen LogP contribution in [0.3, 0.4) is 0 Å². The van der Waals surface area contributed by atoms with Crippen LogP contribution in [0.2, 0.25) is 5.02 Å². The van der Waals surface area contributed by atoms with Crippen molar-refractivity contribution in [3.8, 4) is 11.1 Å². The third-order valence-corrected chi connectivity index (χ3v) is 4.68. The van der Waals surface area contributed by atoms with Gasteiger partial charge in [0.15, 0.2) is 5.65 Å². The monoisotopic (exact) mass is 391 g/mol. The van der Waals surface area contributed by atoms with E-state index in [1.807, 2.05) is 42.5 Å². The van der Waals surface area contributed by atoms with Crippen molar-refractivity contribution in [2.75, 3.05) is 0 Å². The van der Waals surface area contributed by atoms with E-state index in [-0.39, 0.29) is 11.9 Å². The van der Waals surface area contributed by atoms with E-state index >= 15 is 0 Å². The number of fused-ring (bicyclic) bond motifs is 1. The highest BCUT2D eigenvalue weighted by Gasteiger charge is 2.18. The topological polar surface area (TPSA) is 83.6 Å². The number of aromatic amines is 1. The van der Waals surface area contributed by atoms with Gasteiger partial charge < -0.3 is 10.3 Å². The van der Waals surface area contributed by atoms with Gasteiger partial charge in [-0.25, -0.2) is 9.97 Å². The van der Waals surface area contributed by atoms with Gasteiger partial charge in [-0.2, -0.15) is 0 Å². The first-order valence-electron chi connectivity index (χ1n) is 8.86. The number of carbonyl (C=O) groups excluding carboxylic acids is 1. The van der Waals surface area contributed by atoms with E-state index in [1.165, 1.54) is 6.92 Å². The number of halogens is 1. The number of rotatable bonds is 5. The van der Waals surface area contributed by atoms with Crippen LogP contribution in [0.1, 0.15) is 24.4 Å². The summed E-state index contributed by atoms with van der Waals surface area (Å²) in [5, 5.41) is 3.64.